The van der Waals surface area contributed by atoms with Crippen LogP contribution in [0.5, 0.6) is 5.75 Å². The molecule has 1 saturated heterocycles. The molecule has 4 nitrogen and oxygen atoms in total. The van der Waals surface area contributed by atoms with E-state index in [1.165, 1.54) is 31.7 Å². The van der Waals surface area contributed by atoms with Crippen molar-refractivity contribution in [2.24, 2.45) is 10.7 Å². The van der Waals surface area contributed by atoms with Gasteiger partial charge in [-0.15, -0.1) is 24.0 Å². The molecule has 1 aromatic rings. The lowest BCUT2D eigenvalue weighted by Crippen LogP contribution is -2.38. The van der Waals surface area contributed by atoms with Crippen LogP contribution < -0.4 is 10.5 Å². The molecular weight excluding hydrogens is 408 g/mol. The largest absolute Gasteiger partial charge is 0.485 e. The molecule has 0 saturated carbocycles. The fourth-order valence-electron chi connectivity index (χ4n) is 2.56. The van der Waals surface area contributed by atoms with Gasteiger partial charge in [0.05, 0.1) is 6.54 Å². The molecule has 1 fully saturated rings. The maximum absolute atomic E-state index is 13.6. The smallest absolute Gasteiger partial charge is 0.191 e. The van der Waals surface area contributed by atoms with Crippen molar-refractivity contribution in [1.29, 1.82) is 0 Å². The summed E-state index contributed by atoms with van der Waals surface area (Å²) in [6.45, 7) is 4.40. The van der Waals surface area contributed by atoms with Gasteiger partial charge in [0.1, 0.15) is 6.10 Å². The zero-order valence-corrected chi connectivity index (χ0v) is 16.0. The third kappa shape index (κ3) is 6.53. The van der Waals surface area contributed by atoms with Gasteiger partial charge in [-0.25, -0.2) is 9.38 Å². The molecule has 2 rings (SSSR count). The lowest BCUT2D eigenvalue weighted by Gasteiger charge is -2.22. The van der Waals surface area contributed by atoms with Gasteiger partial charge in [-0.3, -0.25) is 0 Å². The number of nitrogens with two attached hydrogens (primary N) is 1. The number of aliphatic imine (C=N–C) groups is 1. The summed E-state index contributed by atoms with van der Waals surface area (Å²) in [4.78, 5) is 6.60. The number of hydrogen-bond donors (Lipinski definition) is 1. The predicted octanol–water partition coefficient (Wildman–Crippen LogP) is 3.79. The van der Waals surface area contributed by atoms with Crippen molar-refractivity contribution >= 4 is 29.9 Å². The monoisotopic (exact) mass is 435 g/mol. The maximum Gasteiger partial charge on any atom is 0.191 e. The number of para-hydroxylation sites is 1. The van der Waals surface area contributed by atoms with Gasteiger partial charge in [0.2, 0.25) is 0 Å². The van der Waals surface area contributed by atoms with Crippen molar-refractivity contribution in [3.05, 3.63) is 30.1 Å². The predicted molar refractivity (Wildman–Crippen MR) is 103 cm³/mol. The molecule has 1 unspecified atom stereocenters. The van der Waals surface area contributed by atoms with Gasteiger partial charge < -0.3 is 15.4 Å². The second-order valence-electron chi connectivity index (χ2n) is 5.68. The highest BCUT2D eigenvalue weighted by molar-refractivity contribution is 14.0. The molecule has 0 spiro atoms. The van der Waals surface area contributed by atoms with Crippen molar-refractivity contribution in [2.45, 2.75) is 45.1 Å². The van der Waals surface area contributed by atoms with E-state index in [-0.39, 0.29) is 41.6 Å². The number of hydrogen-bond acceptors (Lipinski definition) is 2. The van der Waals surface area contributed by atoms with Crippen molar-refractivity contribution < 1.29 is 9.13 Å². The van der Waals surface area contributed by atoms with Crippen LogP contribution in [0.4, 0.5) is 4.39 Å². The Morgan fingerprint density at radius 2 is 1.91 bits per heavy atom. The van der Waals surface area contributed by atoms with Crippen molar-refractivity contribution in [1.82, 2.24) is 4.90 Å². The third-order valence-electron chi connectivity index (χ3n) is 3.97. The molecule has 0 aliphatic carbocycles. The fourth-order valence-corrected chi connectivity index (χ4v) is 2.56. The van der Waals surface area contributed by atoms with E-state index in [1.807, 2.05) is 6.92 Å². The summed E-state index contributed by atoms with van der Waals surface area (Å²) in [7, 11) is 0. The normalized spacial score (nSPS) is 17.1. The standard InChI is InChI=1S/C17H26FN3O.HI/c1-2-14(22-16-10-6-5-9-15(16)18)13-20-17(19)21-11-7-3-4-8-12-21;/h5-6,9-10,14H,2-4,7-8,11-13H2,1H3,(H2,19,20);1H. The number of guanidine groups is 1. The number of nitrogens with zero attached hydrogens (tertiary/aromatic N) is 2. The molecule has 1 aliphatic heterocycles. The molecule has 1 aliphatic rings. The van der Waals surface area contributed by atoms with Crippen LogP contribution in [0.1, 0.15) is 39.0 Å². The Hall–Kier alpha value is -1.05. The summed E-state index contributed by atoms with van der Waals surface area (Å²) in [5, 5.41) is 0. The zero-order chi connectivity index (χ0) is 15.8. The van der Waals surface area contributed by atoms with E-state index in [4.69, 9.17) is 10.5 Å². The second-order valence-corrected chi connectivity index (χ2v) is 5.68. The van der Waals surface area contributed by atoms with Gasteiger partial charge >= 0.3 is 0 Å². The van der Waals surface area contributed by atoms with Gasteiger partial charge in [-0.05, 0) is 31.4 Å². The highest BCUT2D eigenvalue weighted by Crippen LogP contribution is 2.18. The Balaban J connectivity index is 0.00000264. The Labute approximate surface area is 155 Å². The number of likely N-dealkylation sites (tertiary alicyclic amines) is 1. The molecule has 2 N–H and O–H groups in total. The maximum atomic E-state index is 13.6. The topological polar surface area (TPSA) is 50.8 Å². The van der Waals surface area contributed by atoms with Crippen LogP contribution in [0.25, 0.3) is 0 Å². The quantitative estimate of drug-likeness (QED) is 0.435. The molecule has 1 atom stereocenters. The zero-order valence-electron chi connectivity index (χ0n) is 13.7. The van der Waals surface area contributed by atoms with Gasteiger partial charge in [0, 0.05) is 13.1 Å². The molecule has 130 valence electrons. The molecule has 6 heteroatoms. The van der Waals surface area contributed by atoms with E-state index >= 15 is 0 Å². The molecule has 1 heterocycles. The van der Waals surface area contributed by atoms with E-state index in [2.05, 4.69) is 9.89 Å². The Morgan fingerprint density at radius 1 is 1.26 bits per heavy atom. The van der Waals surface area contributed by atoms with E-state index in [1.54, 1.807) is 18.2 Å². The first-order valence-corrected chi connectivity index (χ1v) is 8.16. The van der Waals surface area contributed by atoms with Crippen molar-refractivity contribution in [3.8, 4) is 5.75 Å². The average molecular weight is 435 g/mol. The molecule has 0 bridgehead atoms. The highest BCUT2D eigenvalue weighted by atomic mass is 127. The molecule has 0 radical (unpaired) electrons. The first kappa shape index (κ1) is 20.0. The first-order valence-electron chi connectivity index (χ1n) is 8.16. The Kier molecular flexibility index (Phi) is 9.28. The lowest BCUT2D eigenvalue weighted by molar-refractivity contribution is 0.196. The summed E-state index contributed by atoms with van der Waals surface area (Å²) in [6, 6.07) is 6.45. The van der Waals surface area contributed by atoms with Crippen LogP contribution in [-0.2, 0) is 0 Å². The molecular formula is C17H27FIN3O. The third-order valence-corrected chi connectivity index (χ3v) is 3.97. The summed E-state index contributed by atoms with van der Waals surface area (Å²) in [5.74, 6) is 0.515. The molecule has 1 aromatic carbocycles. The van der Waals surface area contributed by atoms with Gasteiger partial charge in [-0.1, -0.05) is 31.9 Å². The van der Waals surface area contributed by atoms with Crippen LogP contribution >= 0.6 is 24.0 Å². The number of halogens is 2. The summed E-state index contributed by atoms with van der Waals surface area (Å²) >= 11 is 0. The SMILES string of the molecule is CCC(CN=C(N)N1CCCCCC1)Oc1ccccc1F.I. The van der Waals surface area contributed by atoms with E-state index in [0.717, 1.165) is 19.5 Å². The van der Waals surface area contributed by atoms with Gasteiger partial charge in [0.25, 0.3) is 0 Å². The van der Waals surface area contributed by atoms with Crippen LogP contribution in [-0.4, -0.2) is 36.6 Å². The van der Waals surface area contributed by atoms with Gasteiger partial charge in [-0.2, -0.15) is 0 Å². The van der Waals surface area contributed by atoms with Crippen molar-refractivity contribution in [3.63, 3.8) is 0 Å². The molecule has 23 heavy (non-hydrogen) atoms. The van der Waals surface area contributed by atoms with Gasteiger partial charge in [0.15, 0.2) is 17.5 Å². The summed E-state index contributed by atoms with van der Waals surface area (Å²) in [6.07, 6.45) is 5.45. The fraction of sp³-hybridized carbons (Fsp3) is 0.588. The van der Waals surface area contributed by atoms with Crippen LogP contribution in [0.2, 0.25) is 0 Å². The highest BCUT2D eigenvalue weighted by Gasteiger charge is 2.14. The summed E-state index contributed by atoms with van der Waals surface area (Å²) in [5.41, 5.74) is 6.09. The minimum absolute atomic E-state index is 0. The number of rotatable bonds is 5. The van der Waals surface area contributed by atoms with E-state index < -0.39 is 0 Å². The Bertz CT molecular complexity index is 490. The molecule has 0 amide bonds. The minimum atomic E-state index is -0.342. The Morgan fingerprint density at radius 3 is 2.52 bits per heavy atom. The van der Waals surface area contributed by atoms with E-state index in [0.29, 0.717) is 12.5 Å². The van der Waals surface area contributed by atoms with Crippen molar-refractivity contribution in [2.75, 3.05) is 19.6 Å². The average Bonchev–Trinajstić information content (AvgIpc) is 2.82. The van der Waals surface area contributed by atoms with Crippen LogP contribution in [0.15, 0.2) is 29.3 Å². The second kappa shape index (κ2) is 10.7. The first-order chi connectivity index (χ1) is 10.7. The number of ether oxygens (including phenoxy) is 1. The lowest BCUT2D eigenvalue weighted by atomic mass is 10.2. The van der Waals surface area contributed by atoms with Crippen LogP contribution in [0, 0.1) is 5.82 Å². The van der Waals surface area contributed by atoms with Crippen LogP contribution in [0.3, 0.4) is 0 Å². The number of benzene rings is 1. The van der Waals surface area contributed by atoms with E-state index in [9.17, 15) is 4.39 Å². The summed E-state index contributed by atoms with van der Waals surface area (Å²) < 4.78 is 19.3. The molecule has 0 aromatic heterocycles. The minimum Gasteiger partial charge on any atom is -0.485 e.